The van der Waals surface area contributed by atoms with Crippen LogP contribution < -0.4 is 10.1 Å². The number of hydrogen-bond acceptors (Lipinski definition) is 4. The maximum Gasteiger partial charge on any atom is 0.244 e. The standard InChI is InChI=1S/C15H15N3O2S/c1-10-15(21-9-16-10)17-14(19)8-18-6-5-11-7-12(20-2)3-4-13(11)18/h3-7,9H,8H2,1-2H3,(H,17,19). The van der Waals surface area contributed by atoms with Crippen molar-refractivity contribution in [2.24, 2.45) is 0 Å². The van der Waals surface area contributed by atoms with Crippen molar-refractivity contribution in [3.05, 3.63) is 41.7 Å². The minimum absolute atomic E-state index is 0.0596. The van der Waals surface area contributed by atoms with Crippen LogP contribution in [0.5, 0.6) is 5.75 Å². The molecule has 6 heteroatoms. The molecule has 5 nitrogen and oxygen atoms in total. The molecule has 0 saturated carbocycles. The molecule has 0 radical (unpaired) electrons. The van der Waals surface area contributed by atoms with Crippen LogP contribution in [0.4, 0.5) is 5.00 Å². The normalized spacial score (nSPS) is 10.8. The lowest BCUT2D eigenvalue weighted by molar-refractivity contribution is -0.116. The maximum atomic E-state index is 12.1. The first-order valence-electron chi connectivity index (χ1n) is 6.50. The van der Waals surface area contributed by atoms with Crippen LogP contribution in [0.2, 0.25) is 0 Å². The van der Waals surface area contributed by atoms with Crippen LogP contribution in [-0.2, 0) is 11.3 Å². The predicted octanol–water partition coefficient (Wildman–Crippen LogP) is 3.05. The van der Waals surface area contributed by atoms with Gasteiger partial charge in [-0.25, -0.2) is 4.98 Å². The highest BCUT2D eigenvalue weighted by molar-refractivity contribution is 7.14. The van der Waals surface area contributed by atoms with E-state index in [2.05, 4.69) is 10.3 Å². The summed E-state index contributed by atoms with van der Waals surface area (Å²) in [6.45, 7) is 2.15. The summed E-state index contributed by atoms with van der Waals surface area (Å²) in [7, 11) is 1.64. The molecule has 0 fully saturated rings. The number of thiazole rings is 1. The van der Waals surface area contributed by atoms with Gasteiger partial charge >= 0.3 is 0 Å². The molecule has 0 atom stereocenters. The molecule has 21 heavy (non-hydrogen) atoms. The minimum Gasteiger partial charge on any atom is -0.497 e. The SMILES string of the molecule is COc1ccc2c(ccn2CC(=O)Nc2scnc2C)c1. The average molecular weight is 301 g/mol. The third kappa shape index (κ3) is 2.75. The first kappa shape index (κ1) is 13.6. The lowest BCUT2D eigenvalue weighted by Crippen LogP contribution is -2.18. The second-order valence-electron chi connectivity index (χ2n) is 4.68. The van der Waals surface area contributed by atoms with Gasteiger partial charge in [0.2, 0.25) is 5.91 Å². The van der Waals surface area contributed by atoms with Gasteiger partial charge in [-0.3, -0.25) is 4.79 Å². The number of hydrogen-bond donors (Lipinski definition) is 1. The van der Waals surface area contributed by atoms with Gasteiger partial charge < -0.3 is 14.6 Å². The molecule has 1 N–H and O–H groups in total. The fourth-order valence-electron chi connectivity index (χ4n) is 2.19. The highest BCUT2D eigenvalue weighted by Crippen LogP contribution is 2.22. The van der Waals surface area contributed by atoms with Gasteiger partial charge in [0.1, 0.15) is 17.3 Å². The Morgan fingerprint density at radius 2 is 2.29 bits per heavy atom. The van der Waals surface area contributed by atoms with Gasteiger partial charge in [0.25, 0.3) is 0 Å². The molecule has 0 unspecified atom stereocenters. The lowest BCUT2D eigenvalue weighted by Gasteiger charge is -2.07. The van der Waals surface area contributed by atoms with Crippen molar-refractivity contribution in [2.75, 3.05) is 12.4 Å². The van der Waals surface area contributed by atoms with Crippen molar-refractivity contribution in [1.29, 1.82) is 0 Å². The van der Waals surface area contributed by atoms with Crippen molar-refractivity contribution < 1.29 is 9.53 Å². The quantitative estimate of drug-likeness (QED) is 0.806. The van der Waals surface area contributed by atoms with Gasteiger partial charge in [-0.15, -0.1) is 11.3 Å². The summed E-state index contributed by atoms with van der Waals surface area (Å²) in [5.74, 6) is 0.751. The Hall–Kier alpha value is -2.34. The lowest BCUT2D eigenvalue weighted by atomic mass is 10.2. The number of nitrogens with zero attached hydrogens (tertiary/aromatic N) is 2. The zero-order chi connectivity index (χ0) is 14.8. The Morgan fingerprint density at radius 1 is 1.43 bits per heavy atom. The van der Waals surface area contributed by atoms with E-state index in [0.717, 1.165) is 27.3 Å². The van der Waals surface area contributed by atoms with Crippen LogP contribution in [0.25, 0.3) is 10.9 Å². The summed E-state index contributed by atoms with van der Waals surface area (Å²) >= 11 is 1.43. The van der Waals surface area contributed by atoms with Crippen LogP contribution in [0, 0.1) is 6.92 Å². The molecule has 0 aliphatic heterocycles. The summed E-state index contributed by atoms with van der Waals surface area (Å²) in [6, 6.07) is 7.78. The van der Waals surface area contributed by atoms with Crippen molar-refractivity contribution in [1.82, 2.24) is 9.55 Å². The molecule has 108 valence electrons. The molecule has 3 aromatic rings. The molecule has 0 aliphatic rings. The van der Waals surface area contributed by atoms with E-state index < -0.39 is 0 Å². The molecule has 0 aliphatic carbocycles. The Balaban J connectivity index is 1.78. The average Bonchev–Trinajstić information content (AvgIpc) is 3.06. The predicted molar refractivity (Wildman–Crippen MR) is 84.0 cm³/mol. The van der Waals surface area contributed by atoms with E-state index in [4.69, 9.17) is 4.74 Å². The fourth-order valence-corrected chi connectivity index (χ4v) is 2.90. The molecule has 3 rings (SSSR count). The number of fused-ring (bicyclic) bond motifs is 1. The second-order valence-corrected chi connectivity index (χ2v) is 5.54. The van der Waals surface area contributed by atoms with Crippen LogP contribution >= 0.6 is 11.3 Å². The van der Waals surface area contributed by atoms with Crippen LogP contribution in [0.15, 0.2) is 36.0 Å². The van der Waals surface area contributed by atoms with Crippen LogP contribution in [0.3, 0.4) is 0 Å². The molecular weight excluding hydrogens is 286 g/mol. The number of methoxy groups -OCH3 is 1. The van der Waals surface area contributed by atoms with Crippen molar-refractivity contribution in [2.45, 2.75) is 13.5 Å². The Labute approximate surface area is 126 Å². The van der Waals surface area contributed by atoms with E-state index in [1.807, 2.05) is 42.0 Å². The number of ether oxygens (including phenoxy) is 1. The number of carbonyl (C=O) groups is 1. The summed E-state index contributed by atoms with van der Waals surface area (Å²) in [5, 5.41) is 4.74. The summed E-state index contributed by atoms with van der Waals surface area (Å²) in [5.41, 5.74) is 3.57. The zero-order valence-corrected chi connectivity index (χ0v) is 12.6. The Morgan fingerprint density at radius 3 is 3.00 bits per heavy atom. The number of nitrogens with one attached hydrogen (secondary N) is 1. The summed E-state index contributed by atoms with van der Waals surface area (Å²) in [6.07, 6.45) is 1.91. The number of amides is 1. The van der Waals surface area contributed by atoms with Crippen LogP contribution in [0.1, 0.15) is 5.69 Å². The largest absolute Gasteiger partial charge is 0.497 e. The van der Waals surface area contributed by atoms with E-state index in [1.54, 1.807) is 12.6 Å². The van der Waals surface area contributed by atoms with E-state index in [1.165, 1.54) is 11.3 Å². The maximum absolute atomic E-state index is 12.1. The van der Waals surface area contributed by atoms with Crippen molar-refractivity contribution in [3.63, 3.8) is 0 Å². The number of benzene rings is 1. The van der Waals surface area contributed by atoms with Crippen molar-refractivity contribution in [3.8, 4) is 5.75 Å². The topological polar surface area (TPSA) is 56.1 Å². The van der Waals surface area contributed by atoms with E-state index >= 15 is 0 Å². The van der Waals surface area contributed by atoms with Gasteiger partial charge in [0.05, 0.1) is 18.3 Å². The number of aromatic nitrogens is 2. The molecule has 0 spiro atoms. The van der Waals surface area contributed by atoms with Gasteiger partial charge in [0.15, 0.2) is 0 Å². The second kappa shape index (κ2) is 5.57. The number of rotatable bonds is 4. The highest BCUT2D eigenvalue weighted by atomic mass is 32.1. The van der Waals surface area contributed by atoms with Gasteiger partial charge in [-0.05, 0) is 31.2 Å². The fraction of sp³-hybridized carbons (Fsp3) is 0.200. The van der Waals surface area contributed by atoms with E-state index in [-0.39, 0.29) is 12.5 Å². The first-order chi connectivity index (χ1) is 10.2. The third-order valence-electron chi connectivity index (χ3n) is 3.29. The molecule has 2 heterocycles. The smallest absolute Gasteiger partial charge is 0.244 e. The van der Waals surface area contributed by atoms with E-state index in [9.17, 15) is 4.79 Å². The van der Waals surface area contributed by atoms with Gasteiger partial charge in [-0.1, -0.05) is 0 Å². The molecule has 0 saturated heterocycles. The van der Waals surface area contributed by atoms with Crippen molar-refractivity contribution >= 4 is 33.1 Å². The molecule has 1 aromatic carbocycles. The highest BCUT2D eigenvalue weighted by Gasteiger charge is 2.09. The Bertz CT molecular complexity index is 791. The number of aryl methyl sites for hydroxylation is 1. The minimum atomic E-state index is -0.0596. The molecular formula is C15H15N3O2S. The summed E-state index contributed by atoms with van der Waals surface area (Å²) < 4.78 is 7.12. The first-order valence-corrected chi connectivity index (χ1v) is 7.38. The third-order valence-corrected chi connectivity index (χ3v) is 4.13. The zero-order valence-electron chi connectivity index (χ0n) is 11.8. The molecule has 0 bridgehead atoms. The number of anilines is 1. The summed E-state index contributed by atoms with van der Waals surface area (Å²) in [4.78, 5) is 16.2. The monoisotopic (exact) mass is 301 g/mol. The van der Waals surface area contributed by atoms with E-state index in [0.29, 0.717) is 0 Å². The Kier molecular flexibility index (Phi) is 3.62. The van der Waals surface area contributed by atoms with Gasteiger partial charge in [-0.2, -0.15) is 0 Å². The number of carbonyl (C=O) groups excluding carboxylic acids is 1. The van der Waals surface area contributed by atoms with Gasteiger partial charge in [0, 0.05) is 17.1 Å². The molecule has 2 aromatic heterocycles. The van der Waals surface area contributed by atoms with Crippen LogP contribution in [-0.4, -0.2) is 22.6 Å². The molecule has 1 amide bonds.